The summed E-state index contributed by atoms with van der Waals surface area (Å²) < 4.78 is 3.95. The quantitative estimate of drug-likeness (QED) is 0.735. The van der Waals surface area contributed by atoms with Gasteiger partial charge in [-0.3, -0.25) is 9.67 Å². The minimum absolute atomic E-state index is 0.129. The Bertz CT molecular complexity index is 1010. The van der Waals surface area contributed by atoms with E-state index in [1.807, 2.05) is 23.1 Å². The number of hydrogen-bond donors (Lipinski definition) is 0. The summed E-state index contributed by atoms with van der Waals surface area (Å²) >= 11 is 0. The Morgan fingerprint density at radius 1 is 1.16 bits per heavy atom. The Morgan fingerprint density at radius 3 is 2.84 bits per heavy atom. The fourth-order valence-electron chi connectivity index (χ4n) is 3.57. The largest absolute Gasteiger partial charge is 0.269 e. The second kappa shape index (κ2) is 5.55. The number of hydrogen-bond acceptors (Lipinski definition) is 4. The average molecular weight is 330 g/mol. The summed E-state index contributed by atoms with van der Waals surface area (Å²) in [6.07, 6.45) is 16.8. The number of nitriles is 1. The van der Waals surface area contributed by atoms with Gasteiger partial charge in [0.1, 0.15) is 5.52 Å². The van der Waals surface area contributed by atoms with E-state index >= 15 is 0 Å². The fraction of sp³-hybridized carbons (Fsp3) is 0.368. The number of aromatic nitrogens is 5. The molecule has 0 N–H and O–H groups in total. The molecule has 5 rings (SSSR count). The highest BCUT2D eigenvalue weighted by atomic mass is 15.3. The van der Waals surface area contributed by atoms with Crippen molar-refractivity contribution in [2.75, 3.05) is 0 Å². The van der Waals surface area contributed by atoms with Gasteiger partial charge >= 0.3 is 0 Å². The molecule has 0 saturated heterocycles. The van der Waals surface area contributed by atoms with E-state index in [1.165, 1.54) is 18.4 Å². The second-order valence-electron chi connectivity index (χ2n) is 6.90. The highest BCUT2D eigenvalue weighted by Gasteiger charge is 2.25. The van der Waals surface area contributed by atoms with Crippen LogP contribution in [0, 0.1) is 17.2 Å². The standard InChI is InChI=1S/C19H18N6/c20-9-13-1-3-14(4-2-13)18-19-17(11-23-24(19)8-7-21-18)15-10-22-25(12-15)16-5-6-16/h3,7-8,10-13,16H,1-2,4-6H2. The Labute approximate surface area is 145 Å². The van der Waals surface area contributed by atoms with Crippen molar-refractivity contribution in [1.29, 1.82) is 5.26 Å². The molecule has 2 aliphatic carbocycles. The van der Waals surface area contributed by atoms with Gasteiger partial charge in [-0.2, -0.15) is 15.5 Å². The van der Waals surface area contributed by atoms with Gasteiger partial charge in [0.05, 0.1) is 36.1 Å². The topological polar surface area (TPSA) is 71.8 Å². The van der Waals surface area contributed by atoms with Gasteiger partial charge in [-0.15, -0.1) is 0 Å². The van der Waals surface area contributed by atoms with Crippen LogP contribution in [0.3, 0.4) is 0 Å². The highest BCUT2D eigenvalue weighted by molar-refractivity contribution is 5.88. The van der Waals surface area contributed by atoms with Crippen LogP contribution in [-0.2, 0) is 0 Å². The van der Waals surface area contributed by atoms with Crippen LogP contribution in [0.1, 0.15) is 43.8 Å². The molecule has 3 heterocycles. The zero-order valence-electron chi connectivity index (χ0n) is 13.8. The minimum Gasteiger partial charge on any atom is -0.269 e. The van der Waals surface area contributed by atoms with Gasteiger partial charge < -0.3 is 0 Å². The molecule has 6 nitrogen and oxygen atoms in total. The fourth-order valence-corrected chi connectivity index (χ4v) is 3.57. The molecule has 0 aromatic carbocycles. The van der Waals surface area contributed by atoms with E-state index in [1.54, 1.807) is 6.20 Å². The summed E-state index contributed by atoms with van der Waals surface area (Å²) in [7, 11) is 0. The number of nitrogens with zero attached hydrogens (tertiary/aromatic N) is 6. The van der Waals surface area contributed by atoms with Crippen LogP contribution in [0.4, 0.5) is 0 Å². The summed E-state index contributed by atoms with van der Waals surface area (Å²) in [5.41, 5.74) is 5.37. The number of fused-ring (bicyclic) bond motifs is 1. The second-order valence-corrected chi connectivity index (χ2v) is 6.90. The predicted molar refractivity (Wildman–Crippen MR) is 93.4 cm³/mol. The predicted octanol–water partition coefficient (Wildman–Crippen LogP) is 3.63. The third-order valence-corrected chi connectivity index (χ3v) is 5.16. The molecular formula is C19H18N6. The van der Waals surface area contributed by atoms with E-state index in [0.29, 0.717) is 6.04 Å². The van der Waals surface area contributed by atoms with E-state index in [4.69, 9.17) is 5.26 Å². The average Bonchev–Trinajstić information content (AvgIpc) is 3.23. The van der Waals surface area contributed by atoms with Crippen LogP contribution < -0.4 is 0 Å². The molecule has 0 spiro atoms. The first-order chi connectivity index (χ1) is 12.3. The molecule has 3 aromatic rings. The molecule has 3 aromatic heterocycles. The molecule has 6 heteroatoms. The van der Waals surface area contributed by atoms with Gasteiger partial charge in [0.2, 0.25) is 0 Å². The maximum absolute atomic E-state index is 9.11. The summed E-state index contributed by atoms with van der Waals surface area (Å²) in [4.78, 5) is 4.65. The minimum atomic E-state index is 0.129. The summed E-state index contributed by atoms with van der Waals surface area (Å²) in [5.74, 6) is 0.129. The molecule has 1 unspecified atom stereocenters. The van der Waals surface area contributed by atoms with Gasteiger partial charge in [0.25, 0.3) is 0 Å². The molecule has 1 fully saturated rings. The monoisotopic (exact) mass is 330 g/mol. The van der Waals surface area contributed by atoms with Gasteiger partial charge in [0.15, 0.2) is 0 Å². The van der Waals surface area contributed by atoms with Crippen molar-refractivity contribution < 1.29 is 0 Å². The number of rotatable bonds is 3. The normalized spacial score (nSPS) is 20.4. The molecule has 25 heavy (non-hydrogen) atoms. The molecular weight excluding hydrogens is 312 g/mol. The van der Waals surface area contributed by atoms with Gasteiger partial charge in [0, 0.05) is 29.7 Å². The van der Waals surface area contributed by atoms with Gasteiger partial charge in [-0.05, 0) is 37.7 Å². The maximum Gasteiger partial charge on any atom is 0.100 e. The van der Waals surface area contributed by atoms with Gasteiger partial charge in [-0.1, -0.05) is 6.08 Å². The van der Waals surface area contributed by atoms with Crippen LogP contribution in [-0.4, -0.2) is 24.4 Å². The number of allylic oxidation sites excluding steroid dienone is 2. The van der Waals surface area contributed by atoms with Crippen molar-refractivity contribution in [2.24, 2.45) is 5.92 Å². The molecule has 0 bridgehead atoms. The van der Waals surface area contributed by atoms with E-state index in [9.17, 15) is 0 Å². The lowest BCUT2D eigenvalue weighted by Crippen LogP contribution is -2.05. The maximum atomic E-state index is 9.11. The molecule has 0 radical (unpaired) electrons. The molecule has 1 atom stereocenters. The molecule has 2 aliphatic rings. The van der Waals surface area contributed by atoms with Crippen molar-refractivity contribution in [1.82, 2.24) is 24.4 Å². The highest BCUT2D eigenvalue weighted by Crippen LogP contribution is 2.37. The summed E-state index contributed by atoms with van der Waals surface area (Å²) in [6.45, 7) is 0. The molecule has 1 saturated carbocycles. The molecule has 0 aliphatic heterocycles. The van der Waals surface area contributed by atoms with Crippen molar-refractivity contribution in [2.45, 2.75) is 38.1 Å². The van der Waals surface area contributed by atoms with Crippen molar-refractivity contribution in [3.63, 3.8) is 0 Å². The van der Waals surface area contributed by atoms with Crippen molar-refractivity contribution in [3.8, 4) is 17.2 Å². The Hall–Kier alpha value is -2.94. The first kappa shape index (κ1) is 14.4. The first-order valence-corrected chi connectivity index (χ1v) is 8.79. The Balaban J connectivity index is 1.61. The van der Waals surface area contributed by atoms with Crippen LogP contribution >= 0.6 is 0 Å². The molecule has 124 valence electrons. The lowest BCUT2D eigenvalue weighted by Gasteiger charge is -2.17. The van der Waals surface area contributed by atoms with Gasteiger partial charge in [-0.25, -0.2) is 4.52 Å². The van der Waals surface area contributed by atoms with Crippen LogP contribution in [0.5, 0.6) is 0 Å². The van der Waals surface area contributed by atoms with Crippen molar-refractivity contribution in [3.05, 3.63) is 42.8 Å². The first-order valence-electron chi connectivity index (χ1n) is 8.79. The van der Waals surface area contributed by atoms with E-state index < -0.39 is 0 Å². The third-order valence-electron chi connectivity index (χ3n) is 5.16. The Morgan fingerprint density at radius 2 is 2.08 bits per heavy atom. The van der Waals surface area contributed by atoms with E-state index in [2.05, 4.69) is 38.2 Å². The van der Waals surface area contributed by atoms with E-state index in [-0.39, 0.29) is 5.92 Å². The van der Waals surface area contributed by atoms with Crippen LogP contribution in [0.15, 0.2) is 37.1 Å². The summed E-state index contributed by atoms with van der Waals surface area (Å²) in [6, 6.07) is 2.94. The summed E-state index contributed by atoms with van der Waals surface area (Å²) in [5, 5.41) is 18.1. The lowest BCUT2D eigenvalue weighted by atomic mass is 9.88. The third kappa shape index (κ3) is 2.43. The Kier molecular flexibility index (Phi) is 3.20. The van der Waals surface area contributed by atoms with E-state index in [0.717, 1.165) is 41.6 Å². The van der Waals surface area contributed by atoms with Crippen LogP contribution in [0.25, 0.3) is 22.2 Å². The zero-order chi connectivity index (χ0) is 16.8. The lowest BCUT2D eigenvalue weighted by molar-refractivity contribution is 0.603. The van der Waals surface area contributed by atoms with Crippen LogP contribution in [0.2, 0.25) is 0 Å². The molecule has 0 amide bonds. The smallest absolute Gasteiger partial charge is 0.100 e. The van der Waals surface area contributed by atoms with Crippen molar-refractivity contribution >= 4 is 11.1 Å². The SMILES string of the molecule is N#CC1CC=C(c2nccn3ncc(-c4cnn(C5CC5)c4)c23)CC1. The zero-order valence-corrected chi connectivity index (χ0v) is 13.8.